The number of thioether (sulfide) groups is 1. The van der Waals surface area contributed by atoms with Crippen LogP contribution < -0.4 is 10.6 Å². The maximum atomic E-state index is 13.0. The number of hydrogen-bond acceptors (Lipinski definition) is 7. The van der Waals surface area contributed by atoms with E-state index in [0.717, 1.165) is 21.4 Å². The van der Waals surface area contributed by atoms with E-state index in [1.807, 2.05) is 30.5 Å². The van der Waals surface area contributed by atoms with E-state index >= 15 is 0 Å². The number of para-hydroxylation sites is 1. The monoisotopic (exact) mass is 482 g/mol. The van der Waals surface area contributed by atoms with E-state index < -0.39 is 41.2 Å². The summed E-state index contributed by atoms with van der Waals surface area (Å²) in [6, 6.07) is 8.26. The molecule has 0 aliphatic carbocycles. The van der Waals surface area contributed by atoms with Crippen molar-refractivity contribution >= 4 is 46.4 Å². The second-order valence-electron chi connectivity index (χ2n) is 7.84. The standard InChI is InChI=1S/C23H22N4O6S/c1-3-24-17(8-13-9-25-16-7-5-4-6-15(13)16)20(29)26-18-21(30)27-19(23(31)32)14(10-33-12(2)28)11-34-22(18)27/h1,4-7,9,17-18,22,24-25H,8,10-11H2,2H3,(H,26,29)(H,31,32). The first kappa shape index (κ1) is 23.3. The molecule has 3 unspecified atom stereocenters. The van der Waals surface area contributed by atoms with Gasteiger partial charge in [-0.3, -0.25) is 19.3 Å². The zero-order valence-corrected chi connectivity index (χ0v) is 19.0. The van der Waals surface area contributed by atoms with Gasteiger partial charge in [-0.15, -0.1) is 11.8 Å². The topological polar surface area (TPSA) is 141 Å². The minimum Gasteiger partial charge on any atom is -0.477 e. The lowest BCUT2D eigenvalue weighted by atomic mass is 10.0. The maximum Gasteiger partial charge on any atom is 0.352 e. The Bertz CT molecular complexity index is 1250. The van der Waals surface area contributed by atoms with Crippen molar-refractivity contribution in [3.05, 3.63) is 47.3 Å². The van der Waals surface area contributed by atoms with E-state index in [9.17, 15) is 24.3 Å². The molecule has 0 spiro atoms. The highest BCUT2D eigenvalue weighted by Gasteiger charge is 2.54. The number of amides is 2. The van der Waals surface area contributed by atoms with Crippen molar-refractivity contribution in [2.45, 2.75) is 30.8 Å². The average Bonchev–Trinajstić information content (AvgIpc) is 3.22. The van der Waals surface area contributed by atoms with E-state index in [1.165, 1.54) is 18.7 Å². The third-order valence-electron chi connectivity index (χ3n) is 5.67. The van der Waals surface area contributed by atoms with Crippen molar-refractivity contribution < 1.29 is 29.0 Å². The highest BCUT2D eigenvalue weighted by Crippen LogP contribution is 2.40. The fraction of sp³-hybridized carbons (Fsp3) is 0.304. The Morgan fingerprint density at radius 3 is 2.85 bits per heavy atom. The van der Waals surface area contributed by atoms with Crippen molar-refractivity contribution in [3.63, 3.8) is 0 Å². The zero-order valence-electron chi connectivity index (χ0n) is 18.2. The molecular weight excluding hydrogens is 460 g/mol. The Balaban J connectivity index is 1.48. The van der Waals surface area contributed by atoms with Gasteiger partial charge in [0.2, 0.25) is 5.91 Å². The van der Waals surface area contributed by atoms with Crippen LogP contribution in [-0.4, -0.2) is 68.6 Å². The summed E-state index contributed by atoms with van der Waals surface area (Å²) in [5.41, 5.74) is 1.93. The van der Waals surface area contributed by atoms with Gasteiger partial charge in [0, 0.05) is 47.8 Å². The Morgan fingerprint density at radius 1 is 1.38 bits per heavy atom. The summed E-state index contributed by atoms with van der Waals surface area (Å²) in [5, 5.41) is 15.4. The highest BCUT2D eigenvalue weighted by atomic mass is 32.2. The zero-order chi connectivity index (χ0) is 24.4. The number of H-pyrrole nitrogens is 1. The van der Waals surface area contributed by atoms with Crippen molar-refractivity contribution in [1.29, 1.82) is 0 Å². The predicted molar refractivity (Wildman–Crippen MR) is 124 cm³/mol. The quantitative estimate of drug-likeness (QED) is 0.185. The van der Waals surface area contributed by atoms with Crippen molar-refractivity contribution in [2.75, 3.05) is 12.4 Å². The maximum absolute atomic E-state index is 13.0. The summed E-state index contributed by atoms with van der Waals surface area (Å²) in [5.74, 6) is -2.61. The Hall–Kier alpha value is -3.91. The molecule has 1 aromatic heterocycles. The van der Waals surface area contributed by atoms with Crippen LogP contribution >= 0.6 is 11.8 Å². The first-order valence-electron chi connectivity index (χ1n) is 10.4. The van der Waals surface area contributed by atoms with Gasteiger partial charge in [-0.25, -0.2) is 4.79 Å². The first-order chi connectivity index (χ1) is 16.3. The molecule has 11 heteroatoms. The molecule has 2 aliphatic heterocycles. The van der Waals surface area contributed by atoms with Gasteiger partial charge >= 0.3 is 11.9 Å². The smallest absolute Gasteiger partial charge is 0.352 e. The molecule has 4 N–H and O–H groups in total. The number of terminal acetylenes is 1. The number of fused-ring (bicyclic) bond motifs is 2. The number of carbonyl (C=O) groups is 4. The second-order valence-corrected chi connectivity index (χ2v) is 8.94. The van der Waals surface area contributed by atoms with Crippen LogP contribution in [0, 0.1) is 12.5 Å². The molecule has 1 fully saturated rings. The number of β-lactam (4-membered cyclic amide) rings is 1. The number of aromatic nitrogens is 1. The van der Waals surface area contributed by atoms with Crippen LogP contribution in [0.1, 0.15) is 12.5 Å². The summed E-state index contributed by atoms with van der Waals surface area (Å²) in [7, 11) is 0. The molecule has 4 rings (SSSR count). The van der Waals surface area contributed by atoms with E-state index in [2.05, 4.69) is 21.7 Å². The van der Waals surface area contributed by atoms with Crippen molar-refractivity contribution in [3.8, 4) is 12.5 Å². The molecule has 10 nitrogen and oxygen atoms in total. The number of hydrogen-bond donors (Lipinski definition) is 4. The van der Waals surface area contributed by atoms with Gasteiger partial charge in [-0.2, -0.15) is 0 Å². The number of rotatable bonds is 8. The molecule has 1 aromatic carbocycles. The molecule has 0 bridgehead atoms. The Labute approximate surface area is 199 Å². The second kappa shape index (κ2) is 9.52. The number of aliphatic carboxylic acids is 1. The molecule has 2 aliphatic rings. The lowest BCUT2D eigenvalue weighted by Crippen LogP contribution is -2.71. The van der Waals surface area contributed by atoms with Gasteiger partial charge in [0.25, 0.3) is 5.91 Å². The van der Waals surface area contributed by atoms with Crippen LogP contribution in [0.25, 0.3) is 10.9 Å². The van der Waals surface area contributed by atoms with Crippen LogP contribution in [-0.2, 0) is 30.3 Å². The van der Waals surface area contributed by atoms with Gasteiger partial charge in [0.15, 0.2) is 0 Å². The summed E-state index contributed by atoms with van der Waals surface area (Å²) in [4.78, 5) is 53.1. The molecule has 176 valence electrons. The summed E-state index contributed by atoms with van der Waals surface area (Å²) in [6.07, 6.45) is 7.50. The third-order valence-corrected chi connectivity index (χ3v) is 7.01. The molecule has 34 heavy (non-hydrogen) atoms. The minimum atomic E-state index is -1.29. The number of benzene rings is 1. The highest BCUT2D eigenvalue weighted by molar-refractivity contribution is 8.00. The number of nitrogens with one attached hydrogen (secondary N) is 3. The summed E-state index contributed by atoms with van der Waals surface area (Å²) < 4.78 is 4.92. The van der Waals surface area contributed by atoms with E-state index in [0.29, 0.717) is 5.57 Å². The van der Waals surface area contributed by atoms with Crippen molar-refractivity contribution in [2.24, 2.45) is 0 Å². The fourth-order valence-corrected chi connectivity index (χ4v) is 5.39. The molecule has 1 saturated heterocycles. The van der Waals surface area contributed by atoms with Gasteiger partial charge in [-0.1, -0.05) is 24.6 Å². The van der Waals surface area contributed by atoms with E-state index in [-0.39, 0.29) is 24.5 Å². The number of esters is 1. The normalized spacial score (nSPS) is 20.1. The van der Waals surface area contributed by atoms with Crippen LogP contribution in [0.3, 0.4) is 0 Å². The molecule has 0 radical (unpaired) electrons. The Kier molecular flexibility index (Phi) is 6.51. The molecule has 3 atom stereocenters. The molecule has 0 saturated carbocycles. The predicted octanol–water partition coefficient (Wildman–Crippen LogP) is 0.561. The van der Waals surface area contributed by atoms with E-state index in [4.69, 9.17) is 11.2 Å². The number of ether oxygens (including phenoxy) is 1. The molecule has 2 amide bonds. The lowest BCUT2D eigenvalue weighted by Gasteiger charge is -2.49. The van der Waals surface area contributed by atoms with Crippen LogP contribution in [0.5, 0.6) is 0 Å². The van der Waals surface area contributed by atoms with Crippen LogP contribution in [0.4, 0.5) is 0 Å². The molecular formula is C23H22N4O6S. The van der Waals surface area contributed by atoms with Crippen LogP contribution in [0.15, 0.2) is 41.7 Å². The van der Waals surface area contributed by atoms with E-state index in [1.54, 1.807) is 0 Å². The lowest BCUT2D eigenvalue weighted by molar-refractivity contribution is -0.151. The van der Waals surface area contributed by atoms with Gasteiger partial charge in [0.05, 0.1) is 0 Å². The molecule has 2 aromatic rings. The van der Waals surface area contributed by atoms with Gasteiger partial charge in [-0.05, 0) is 11.6 Å². The van der Waals surface area contributed by atoms with Crippen molar-refractivity contribution in [1.82, 2.24) is 20.5 Å². The fourth-order valence-electron chi connectivity index (χ4n) is 4.07. The minimum absolute atomic E-state index is 0.211. The SMILES string of the molecule is C#CNC(Cc1c[nH]c2ccccc12)C(=O)NC1C(=O)N2C(C(=O)O)=C(COC(C)=O)CSC12. The first-order valence-corrected chi connectivity index (χ1v) is 11.5. The summed E-state index contributed by atoms with van der Waals surface area (Å²) in [6.45, 7) is 1.01. The number of carboxylic acids is 1. The van der Waals surface area contributed by atoms with Gasteiger partial charge in [0.1, 0.15) is 29.8 Å². The number of aromatic amines is 1. The Morgan fingerprint density at radius 2 is 2.15 bits per heavy atom. The number of carboxylic acid groups (broad SMARTS) is 1. The summed E-state index contributed by atoms with van der Waals surface area (Å²) >= 11 is 1.29. The van der Waals surface area contributed by atoms with Gasteiger partial charge < -0.3 is 25.5 Å². The number of carbonyl (C=O) groups excluding carboxylic acids is 3. The number of nitrogens with zero attached hydrogens (tertiary/aromatic N) is 1. The third kappa shape index (κ3) is 4.32. The average molecular weight is 483 g/mol. The van der Waals surface area contributed by atoms with Crippen LogP contribution in [0.2, 0.25) is 0 Å². The molecule has 3 heterocycles. The largest absolute Gasteiger partial charge is 0.477 e.